The molecule has 2 N–H and O–H groups in total. The Morgan fingerprint density at radius 2 is 1.77 bits per heavy atom. The van der Waals surface area contributed by atoms with Crippen LogP contribution in [0.1, 0.15) is 40.9 Å². The van der Waals surface area contributed by atoms with E-state index in [9.17, 15) is 19.5 Å². The molecule has 0 saturated heterocycles. The molecule has 1 amide bonds. The van der Waals surface area contributed by atoms with Gasteiger partial charge in [0, 0.05) is 40.3 Å². The van der Waals surface area contributed by atoms with Gasteiger partial charge in [0.1, 0.15) is 23.0 Å². The Kier molecular flexibility index (Phi) is 6.11. The Morgan fingerprint density at radius 1 is 1.06 bits per heavy atom. The molecule has 0 radical (unpaired) electrons. The van der Waals surface area contributed by atoms with Crippen LogP contribution in [0, 0.1) is 6.92 Å². The van der Waals surface area contributed by atoms with E-state index in [1.165, 1.54) is 5.56 Å². The number of benzene rings is 2. The summed E-state index contributed by atoms with van der Waals surface area (Å²) < 4.78 is 11.6. The summed E-state index contributed by atoms with van der Waals surface area (Å²) >= 11 is 5.89. The Morgan fingerprint density at radius 3 is 2.51 bits per heavy atom. The number of hydrogen-bond acceptors (Lipinski definition) is 5. The first-order chi connectivity index (χ1) is 16.8. The smallest absolute Gasteiger partial charge is 0.340 e. The zero-order valence-corrected chi connectivity index (χ0v) is 19.9. The number of fused-ring (bicyclic) bond motifs is 4. The van der Waals surface area contributed by atoms with Crippen molar-refractivity contribution in [2.75, 3.05) is 0 Å². The molecule has 0 fully saturated rings. The lowest BCUT2D eigenvalue weighted by atomic mass is 9.94. The first kappa shape index (κ1) is 23.2. The van der Waals surface area contributed by atoms with Crippen molar-refractivity contribution < 1.29 is 23.5 Å². The van der Waals surface area contributed by atoms with Crippen molar-refractivity contribution in [1.29, 1.82) is 0 Å². The minimum absolute atomic E-state index is 0.0904. The minimum Gasteiger partial charge on any atom is -0.480 e. The van der Waals surface area contributed by atoms with Crippen LogP contribution in [-0.4, -0.2) is 23.0 Å². The van der Waals surface area contributed by atoms with Gasteiger partial charge in [0.25, 0.3) is 0 Å². The normalized spacial score (nSPS) is 14.1. The number of halogens is 1. The van der Waals surface area contributed by atoms with Gasteiger partial charge in [0.2, 0.25) is 5.91 Å². The second-order valence-electron chi connectivity index (χ2n) is 9.01. The highest BCUT2D eigenvalue weighted by Gasteiger charge is 2.24. The van der Waals surface area contributed by atoms with E-state index in [2.05, 4.69) is 5.32 Å². The number of carbonyl (C=O) groups is 2. The van der Waals surface area contributed by atoms with Crippen LogP contribution in [0.3, 0.4) is 0 Å². The van der Waals surface area contributed by atoms with Crippen LogP contribution < -0.4 is 10.9 Å². The highest BCUT2D eigenvalue weighted by Crippen LogP contribution is 2.35. The summed E-state index contributed by atoms with van der Waals surface area (Å²) in [5.74, 6) is -0.743. The van der Waals surface area contributed by atoms with E-state index in [-0.39, 0.29) is 18.4 Å². The zero-order chi connectivity index (χ0) is 24.7. The van der Waals surface area contributed by atoms with E-state index in [1.54, 1.807) is 37.3 Å². The Bertz CT molecular complexity index is 1520. The van der Waals surface area contributed by atoms with Crippen molar-refractivity contribution in [3.8, 4) is 0 Å². The molecule has 0 bridgehead atoms. The molecule has 1 aliphatic rings. The molecule has 1 aliphatic carbocycles. The van der Waals surface area contributed by atoms with Crippen molar-refractivity contribution in [3.05, 3.63) is 79.9 Å². The van der Waals surface area contributed by atoms with Crippen LogP contribution in [0.2, 0.25) is 5.02 Å². The molecule has 2 aromatic heterocycles. The molecule has 2 heterocycles. The van der Waals surface area contributed by atoms with E-state index in [1.807, 2.05) is 6.07 Å². The lowest BCUT2D eigenvalue weighted by Gasteiger charge is -2.15. The van der Waals surface area contributed by atoms with Gasteiger partial charge < -0.3 is 19.3 Å². The Balaban J connectivity index is 1.42. The van der Waals surface area contributed by atoms with Crippen LogP contribution in [0.4, 0.5) is 0 Å². The largest absolute Gasteiger partial charge is 0.480 e. The summed E-state index contributed by atoms with van der Waals surface area (Å²) in [5.41, 5.74) is 3.25. The first-order valence-corrected chi connectivity index (χ1v) is 11.9. The van der Waals surface area contributed by atoms with Crippen molar-refractivity contribution in [2.24, 2.45) is 0 Å². The van der Waals surface area contributed by atoms with E-state index >= 15 is 0 Å². The average Bonchev–Trinajstić information content (AvgIpc) is 3.19. The molecule has 0 saturated carbocycles. The van der Waals surface area contributed by atoms with Crippen LogP contribution in [0.15, 0.2) is 50.0 Å². The monoisotopic (exact) mass is 493 g/mol. The van der Waals surface area contributed by atoms with Crippen molar-refractivity contribution in [3.63, 3.8) is 0 Å². The Hall–Kier alpha value is -3.58. The molecule has 0 spiro atoms. The quantitative estimate of drug-likeness (QED) is 0.376. The number of carboxylic acid groups (broad SMARTS) is 1. The molecule has 180 valence electrons. The molecule has 5 rings (SSSR count). The fraction of sp³-hybridized carbons (Fsp3) is 0.296. The second-order valence-corrected chi connectivity index (χ2v) is 9.45. The van der Waals surface area contributed by atoms with Gasteiger partial charge >= 0.3 is 11.6 Å². The van der Waals surface area contributed by atoms with Crippen molar-refractivity contribution in [2.45, 2.75) is 51.5 Å². The minimum atomic E-state index is -1.16. The highest BCUT2D eigenvalue weighted by molar-refractivity contribution is 6.30. The Labute approximate surface area is 205 Å². The highest BCUT2D eigenvalue weighted by atomic mass is 35.5. The number of rotatable bonds is 6. The zero-order valence-electron chi connectivity index (χ0n) is 19.2. The van der Waals surface area contributed by atoms with E-state index in [4.69, 9.17) is 20.4 Å². The molecule has 7 nitrogen and oxygen atoms in total. The number of aryl methyl sites for hydroxylation is 3. The van der Waals surface area contributed by atoms with E-state index in [0.717, 1.165) is 47.8 Å². The summed E-state index contributed by atoms with van der Waals surface area (Å²) in [6.07, 6.45) is 3.85. The molecular formula is C27H24ClNO6. The number of carbonyl (C=O) groups excluding carboxylic acids is 1. The van der Waals surface area contributed by atoms with E-state index in [0.29, 0.717) is 21.8 Å². The van der Waals surface area contributed by atoms with Gasteiger partial charge in [-0.3, -0.25) is 4.79 Å². The standard InChI is InChI=1S/C27H24ClNO6/c1-14-18-11-20-17-4-2-3-5-22(17)34-24(20)13-23(18)35-27(33)19(14)12-25(30)29-21(26(31)32)10-15-6-8-16(28)9-7-15/h6-9,11,13,21H,2-5,10,12H2,1H3,(H,29,30)(H,31,32)/t21-/m1/s1. The molecule has 2 aromatic carbocycles. The van der Waals surface area contributed by atoms with Crippen molar-refractivity contribution in [1.82, 2.24) is 5.32 Å². The van der Waals surface area contributed by atoms with Crippen LogP contribution in [0.25, 0.3) is 21.9 Å². The maximum Gasteiger partial charge on any atom is 0.340 e. The fourth-order valence-corrected chi connectivity index (χ4v) is 4.94. The number of hydrogen-bond donors (Lipinski definition) is 2. The van der Waals surface area contributed by atoms with Gasteiger partial charge in [-0.1, -0.05) is 23.7 Å². The number of amides is 1. The summed E-state index contributed by atoms with van der Waals surface area (Å²) in [7, 11) is 0. The van der Waals surface area contributed by atoms with Crippen LogP contribution in [-0.2, 0) is 35.3 Å². The summed E-state index contributed by atoms with van der Waals surface area (Å²) in [6, 6.07) is 9.31. The molecule has 8 heteroatoms. The number of carboxylic acids is 1. The van der Waals surface area contributed by atoms with Gasteiger partial charge in [-0.15, -0.1) is 0 Å². The van der Waals surface area contributed by atoms with Gasteiger partial charge in [-0.05, 0) is 55.5 Å². The molecular weight excluding hydrogens is 470 g/mol. The van der Waals surface area contributed by atoms with Crippen molar-refractivity contribution >= 4 is 45.4 Å². The van der Waals surface area contributed by atoms with Gasteiger partial charge in [-0.25, -0.2) is 9.59 Å². The number of furan rings is 1. The summed E-state index contributed by atoms with van der Waals surface area (Å²) in [5, 5.41) is 14.4. The summed E-state index contributed by atoms with van der Waals surface area (Å²) in [4.78, 5) is 37.3. The lowest BCUT2D eigenvalue weighted by molar-refractivity contribution is -0.141. The predicted molar refractivity (Wildman–Crippen MR) is 132 cm³/mol. The van der Waals surface area contributed by atoms with Crippen LogP contribution >= 0.6 is 11.6 Å². The molecule has 1 atom stereocenters. The number of aliphatic carboxylic acids is 1. The van der Waals surface area contributed by atoms with Crippen LogP contribution in [0.5, 0.6) is 0 Å². The van der Waals surface area contributed by atoms with Gasteiger partial charge in [0.15, 0.2) is 0 Å². The molecule has 0 unspecified atom stereocenters. The average molecular weight is 494 g/mol. The third kappa shape index (κ3) is 4.56. The molecule has 0 aliphatic heterocycles. The lowest BCUT2D eigenvalue weighted by Crippen LogP contribution is -2.43. The van der Waals surface area contributed by atoms with E-state index < -0.39 is 23.5 Å². The maximum absolute atomic E-state index is 12.8. The predicted octanol–water partition coefficient (Wildman–Crippen LogP) is 4.73. The second kappa shape index (κ2) is 9.23. The molecule has 4 aromatic rings. The molecule has 35 heavy (non-hydrogen) atoms. The topological polar surface area (TPSA) is 110 Å². The third-order valence-corrected chi connectivity index (χ3v) is 6.94. The third-order valence-electron chi connectivity index (χ3n) is 6.69. The summed E-state index contributed by atoms with van der Waals surface area (Å²) in [6.45, 7) is 1.78. The van der Waals surface area contributed by atoms with Gasteiger partial charge in [-0.2, -0.15) is 0 Å². The SMILES string of the molecule is Cc1c(CC(=O)N[C@H](Cc2ccc(Cl)cc2)C(=O)O)c(=O)oc2cc3oc4c(c3cc12)CCCC4. The maximum atomic E-state index is 12.8. The van der Waals surface area contributed by atoms with Gasteiger partial charge in [0.05, 0.1) is 12.0 Å². The first-order valence-electron chi connectivity index (χ1n) is 11.6. The number of nitrogens with one attached hydrogen (secondary N) is 1. The fourth-order valence-electron chi connectivity index (χ4n) is 4.81.